The third kappa shape index (κ3) is 2.04. The first kappa shape index (κ1) is 15.3. The average Bonchev–Trinajstić information content (AvgIpc) is 2.84. The van der Waals surface area contributed by atoms with Crippen molar-refractivity contribution in [2.75, 3.05) is 0 Å². The van der Waals surface area contributed by atoms with Crippen molar-refractivity contribution in [3.05, 3.63) is 34.3 Å². The SMILES string of the molecule is O=C(O)c1cc(C(=O)O)c2c(n1)C=C(O)C1C(=O)C(C(=O)O)N=C21. The largest absolute Gasteiger partial charge is 0.511 e. The summed E-state index contributed by atoms with van der Waals surface area (Å²) in [6.07, 6.45) is 0.944. The Morgan fingerprint density at radius 1 is 1.08 bits per heavy atom. The van der Waals surface area contributed by atoms with Crippen molar-refractivity contribution >= 4 is 35.5 Å². The number of carboxylic acids is 3. The predicted octanol–water partition coefficient (Wildman–Crippen LogP) is -0.168. The maximum atomic E-state index is 12.1. The van der Waals surface area contributed by atoms with Crippen molar-refractivity contribution in [2.24, 2.45) is 10.9 Å². The average molecular weight is 332 g/mol. The number of fused-ring (bicyclic) bond motifs is 3. The Labute approximate surface area is 132 Å². The zero-order valence-electron chi connectivity index (χ0n) is 11.6. The third-order valence-corrected chi connectivity index (χ3v) is 3.66. The molecule has 0 aromatic carbocycles. The monoisotopic (exact) mass is 332 g/mol. The van der Waals surface area contributed by atoms with Crippen LogP contribution in [0.25, 0.3) is 6.08 Å². The molecule has 0 radical (unpaired) electrons. The molecule has 0 bridgehead atoms. The van der Waals surface area contributed by atoms with E-state index in [4.69, 9.17) is 10.2 Å². The first-order chi connectivity index (χ1) is 11.2. The molecule has 1 aromatic rings. The number of Topliss-reactive ketones (excluding diaryl/α,β-unsaturated/α-hetero) is 1. The Bertz CT molecular complexity index is 898. The summed E-state index contributed by atoms with van der Waals surface area (Å²) in [6.45, 7) is 0. The molecule has 0 saturated heterocycles. The lowest BCUT2D eigenvalue weighted by molar-refractivity contribution is -0.141. The molecule has 1 aliphatic heterocycles. The molecular weight excluding hydrogens is 324 g/mol. The highest BCUT2D eigenvalue weighted by Gasteiger charge is 2.47. The predicted molar refractivity (Wildman–Crippen MR) is 75.2 cm³/mol. The van der Waals surface area contributed by atoms with E-state index in [9.17, 15) is 29.4 Å². The number of aromatic nitrogens is 1. The van der Waals surface area contributed by atoms with Crippen LogP contribution in [0.2, 0.25) is 0 Å². The molecule has 2 heterocycles. The van der Waals surface area contributed by atoms with Gasteiger partial charge in [0.2, 0.25) is 6.04 Å². The summed E-state index contributed by atoms with van der Waals surface area (Å²) in [6, 6.07) is -0.981. The fourth-order valence-electron chi connectivity index (χ4n) is 2.68. The third-order valence-electron chi connectivity index (χ3n) is 3.66. The highest BCUT2D eigenvalue weighted by Crippen LogP contribution is 2.35. The molecule has 2 atom stereocenters. The lowest BCUT2D eigenvalue weighted by Crippen LogP contribution is -2.32. The fraction of sp³-hybridized carbons (Fsp3) is 0.143. The van der Waals surface area contributed by atoms with Gasteiger partial charge in [-0.3, -0.25) is 9.79 Å². The van der Waals surface area contributed by atoms with Crippen molar-refractivity contribution in [1.29, 1.82) is 0 Å². The summed E-state index contributed by atoms with van der Waals surface area (Å²) in [7, 11) is 0. The lowest BCUT2D eigenvalue weighted by Gasteiger charge is -2.20. The van der Waals surface area contributed by atoms with Crippen molar-refractivity contribution in [2.45, 2.75) is 6.04 Å². The van der Waals surface area contributed by atoms with E-state index >= 15 is 0 Å². The van der Waals surface area contributed by atoms with Gasteiger partial charge in [0.15, 0.2) is 5.78 Å². The molecule has 122 valence electrons. The second-order valence-corrected chi connectivity index (χ2v) is 5.09. The first-order valence-corrected chi connectivity index (χ1v) is 6.49. The normalized spacial score (nSPS) is 21.4. The maximum absolute atomic E-state index is 12.1. The van der Waals surface area contributed by atoms with E-state index in [1.807, 2.05) is 0 Å². The molecule has 24 heavy (non-hydrogen) atoms. The zero-order valence-corrected chi connectivity index (χ0v) is 11.6. The van der Waals surface area contributed by atoms with E-state index in [0.29, 0.717) is 0 Å². The Morgan fingerprint density at radius 3 is 2.29 bits per heavy atom. The van der Waals surface area contributed by atoms with Gasteiger partial charge < -0.3 is 20.4 Å². The van der Waals surface area contributed by atoms with Gasteiger partial charge in [0, 0.05) is 11.6 Å². The molecule has 10 heteroatoms. The quantitative estimate of drug-likeness (QED) is 0.547. The van der Waals surface area contributed by atoms with Crippen LogP contribution in [0, 0.1) is 5.92 Å². The van der Waals surface area contributed by atoms with Gasteiger partial charge >= 0.3 is 17.9 Å². The Morgan fingerprint density at radius 2 is 1.75 bits per heavy atom. The number of carboxylic acid groups (broad SMARTS) is 3. The minimum Gasteiger partial charge on any atom is -0.511 e. The number of carbonyl (C=O) groups excluding carboxylic acids is 1. The van der Waals surface area contributed by atoms with Crippen LogP contribution in [0.5, 0.6) is 0 Å². The fourth-order valence-corrected chi connectivity index (χ4v) is 2.68. The number of aromatic carboxylic acids is 2. The van der Waals surface area contributed by atoms with Gasteiger partial charge in [-0.2, -0.15) is 0 Å². The summed E-state index contributed by atoms with van der Waals surface area (Å²) < 4.78 is 0. The molecule has 0 spiro atoms. The number of ketones is 1. The van der Waals surface area contributed by atoms with Gasteiger partial charge in [0.1, 0.15) is 17.4 Å². The summed E-state index contributed by atoms with van der Waals surface area (Å²) in [5.74, 6) is -7.41. The van der Waals surface area contributed by atoms with Gasteiger partial charge in [-0.15, -0.1) is 0 Å². The highest BCUT2D eigenvalue weighted by atomic mass is 16.4. The maximum Gasteiger partial charge on any atom is 0.354 e. The van der Waals surface area contributed by atoms with E-state index in [1.165, 1.54) is 0 Å². The molecule has 1 aliphatic carbocycles. The Balaban J connectivity index is 2.33. The molecular formula is C14H8N2O8. The second-order valence-electron chi connectivity index (χ2n) is 5.09. The Hall–Kier alpha value is -3.56. The van der Waals surface area contributed by atoms with Crippen LogP contribution in [0.3, 0.4) is 0 Å². The molecule has 3 rings (SSSR count). The van der Waals surface area contributed by atoms with E-state index < -0.39 is 52.7 Å². The van der Waals surface area contributed by atoms with Gasteiger partial charge in [-0.1, -0.05) is 0 Å². The molecule has 0 fully saturated rings. The smallest absolute Gasteiger partial charge is 0.354 e. The van der Waals surface area contributed by atoms with Crippen LogP contribution in [-0.2, 0) is 9.59 Å². The number of aliphatic carboxylic acids is 1. The number of rotatable bonds is 3. The number of pyridine rings is 1. The second kappa shape index (κ2) is 4.98. The summed E-state index contributed by atoms with van der Waals surface area (Å²) in [4.78, 5) is 53.2. The van der Waals surface area contributed by atoms with E-state index in [1.54, 1.807) is 0 Å². The van der Waals surface area contributed by atoms with E-state index in [0.717, 1.165) is 12.1 Å². The van der Waals surface area contributed by atoms with Gasteiger partial charge in [0.05, 0.1) is 17.0 Å². The van der Waals surface area contributed by atoms with Gasteiger partial charge in [-0.05, 0) is 6.07 Å². The van der Waals surface area contributed by atoms with E-state index in [2.05, 4.69) is 9.98 Å². The number of nitrogens with zero attached hydrogens (tertiary/aromatic N) is 2. The molecule has 1 aromatic heterocycles. The minimum absolute atomic E-state index is 0.174. The molecule has 10 nitrogen and oxygen atoms in total. The van der Waals surface area contributed by atoms with Gasteiger partial charge in [-0.25, -0.2) is 19.4 Å². The number of carbonyl (C=O) groups is 4. The van der Waals surface area contributed by atoms with Crippen LogP contribution in [0.4, 0.5) is 0 Å². The molecule has 2 unspecified atom stereocenters. The topological polar surface area (TPSA) is 174 Å². The van der Waals surface area contributed by atoms with Crippen molar-refractivity contribution in [3.63, 3.8) is 0 Å². The lowest BCUT2D eigenvalue weighted by atomic mass is 9.84. The summed E-state index contributed by atoms with van der Waals surface area (Å²) in [5, 5.41) is 37.3. The molecule has 0 amide bonds. The van der Waals surface area contributed by atoms with Gasteiger partial charge in [0.25, 0.3) is 0 Å². The number of aliphatic hydroxyl groups excluding tert-OH is 1. The molecule has 4 N–H and O–H groups in total. The van der Waals surface area contributed by atoms with Crippen LogP contribution in [0.1, 0.15) is 32.1 Å². The Kier molecular flexibility index (Phi) is 3.18. The summed E-state index contributed by atoms with van der Waals surface area (Å²) >= 11 is 0. The van der Waals surface area contributed by atoms with Crippen LogP contribution >= 0.6 is 0 Å². The number of hydrogen-bond acceptors (Lipinski definition) is 7. The van der Waals surface area contributed by atoms with Crippen LogP contribution in [0.15, 0.2) is 16.8 Å². The standard InChI is InChI=1S/C14H8N2O8/c17-6-2-4-7(3(12(19)20)1-5(15-4)13(21)22)9-8(6)11(18)10(16-9)14(23)24/h1-2,8,10,17H,(H,19,20)(H,21,22)(H,23,24). The molecule has 0 saturated carbocycles. The zero-order chi connectivity index (χ0) is 17.8. The van der Waals surface area contributed by atoms with E-state index in [-0.39, 0.29) is 17.0 Å². The first-order valence-electron chi connectivity index (χ1n) is 6.49. The number of aliphatic hydroxyl groups is 1. The van der Waals surface area contributed by atoms with Crippen molar-refractivity contribution in [3.8, 4) is 0 Å². The number of hydrogen-bond donors (Lipinski definition) is 4. The van der Waals surface area contributed by atoms with Crippen molar-refractivity contribution < 1.29 is 39.6 Å². The number of aliphatic imine (C=N–C) groups is 1. The van der Waals surface area contributed by atoms with Crippen LogP contribution in [-0.4, -0.2) is 60.9 Å². The van der Waals surface area contributed by atoms with Crippen LogP contribution < -0.4 is 0 Å². The molecule has 2 aliphatic rings. The number of allylic oxidation sites excluding steroid dienone is 1. The highest BCUT2D eigenvalue weighted by molar-refractivity contribution is 6.29. The minimum atomic E-state index is -1.77. The summed E-state index contributed by atoms with van der Waals surface area (Å²) in [5.41, 5.74) is -1.70. The van der Waals surface area contributed by atoms with Crippen molar-refractivity contribution in [1.82, 2.24) is 4.98 Å².